The van der Waals surface area contributed by atoms with Gasteiger partial charge in [-0.1, -0.05) is 29.8 Å². The standard InChI is InChI=1S/C15H23N3O/c1-11-5-7-12(8-6-11)14-13(4-3-9-19-14)10-18-15(16)17-2/h5-8,13-14H,3-4,9-10H2,1-2H3,(H3,16,17,18). The number of benzene rings is 1. The Bertz CT molecular complexity index is 428. The van der Waals surface area contributed by atoms with Crippen LogP contribution in [0.25, 0.3) is 0 Å². The molecule has 1 aromatic carbocycles. The maximum atomic E-state index is 5.96. The summed E-state index contributed by atoms with van der Waals surface area (Å²) >= 11 is 0. The third kappa shape index (κ3) is 3.70. The Morgan fingerprint density at radius 2 is 2.16 bits per heavy atom. The molecule has 1 heterocycles. The van der Waals surface area contributed by atoms with E-state index < -0.39 is 0 Å². The van der Waals surface area contributed by atoms with Crippen LogP contribution in [0.4, 0.5) is 0 Å². The molecule has 1 aromatic rings. The molecule has 2 unspecified atom stereocenters. The average Bonchev–Trinajstić information content (AvgIpc) is 2.46. The normalized spacial score (nSPS) is 24.2. The average molecular weight is 261 g/mol. The van der Waals surface area contributed by atoms with Crippen LogP contribution in [0, 0.1) is 12.8 Å². The third-order valence-corrected chi connectivity index (χ3v) is 3.64. The van der Waals surface area contributed by atoms with E-state index in [2.05, 4.69) is 41.5 Å². The highest BCUT2D eigenvalue weighted by Crippen LogP contribution is 2.33. The summed E-state index contributed by atoms with van der Waals surface area (Å²) in [5.74, 6) is 0.935. The molecule has 0 bridgehead atoms. The third-order valence-electron chi connectivity index (χ3n) is 3.64. The van der Waals surface area contributed by atoms with Crippen molar-refractivity contribution in [2.24, 2.45) is 16.6 Å². The van der Waals surface area contributed by atoms with Crippen molar-refractivity contribution in [2.75, 3.05) is 20.2 Å². The molecule has 3 N–H and O–H groups in total. The molecular formula is C15H23N3O. The molecule has 1 aliphatic rings. The lowest BCUT2D eigenvalue weighted by atomic mass is 9.89. The first-order valence-electron chi connectivity index (χ1n) is 6.85. The molecule has 2 atom stereocenters. The van der Waals surface area contributed by atoms with Gasteiger partial charge in [0.05, 0.1) is 6.10 Å². The fourth-order valence-electron chi connectivity index (χ4n) is 2.49. The smallest absolute Gasteiger partial charge is 0.188 e. The Kier molecular flexibility index (Phi) is 4.80. The summed E-state index contributed by atoms with van der Waals surface area (Å²) in [6.45, 7) is 3.75. The van der Waals surface area contributed by atoms with Crippen LogP contribution in [0.5, 0.6) is 0 Å². The Morgan fingerprint density at radius 1 is 1.42 bits per heavy atom. The SMILES string of the molecule is CN=C(N)NCC1CCCOC1c1ccc(C)cc1. The van der Waals surface area contributed by atoms with E-state index in [9.17, 15) is 0 Å². The van der Waals surface area contributed by atoms with Crippen LogP contribution >= 0.6 is 0 Å². The van der Waals surface area contributed by atoms with Crippen molar-refractivity contribution in [1.29, 1.82) is 0 Å². The molecule has 1 fully saturated rings. The number of ether oxygens (including phenoxy) is 1. The molecular weight excluding hydrogens is 238 g/mol. The largest absolute Gasteiger partial charge is 0.373 e. The molecule has 1 aliphatic heterocycles. The van der Waals surface area contributed by atoms with E-state index in [0.717, 1.165) is 26.0 Å². The summed E-state index contributed by atoms with van der Waals surface area (Å²) in [5.41, 5.74) is 8.22. The molecule has 2 rings (SSSR count). The molecule has 0 aromatic heterocycles. The fourth-order valence-corrected chi connectivity index (χ4v) is 2.49. The first kappa shape index (κ1) is 13.9. The van der Waals surface area contributed by atoms with Gasteiger partial charge in [0, 0.05) is 26.1 Å². The highest BCUT2D eigenvalue weighted by Gasteiger charge is 2.27. The summed E-state index contributed by atoms with van der Waals surface area (Å²) in [4.78, 5) is 3.92. The molecule has 4 heteroatoms. The number of nitrogens with one attached hydrogen (secondary N) is 1. The van der Waals surface area contributed by atoms with Gasteiger partial charge in [-0.15, -0.1) is 0 Å². The molecule has 104 valence electrons. The molecule has 1 saturated heterocycles. The number of rotatable bonds is 3. The van der Waals surface area contributed by atoms with Gasteiger partial charge in [0.15, 0.2) is 5.96 Å². The van der Waals surface area contributed by atoms with Gasteiger partial charge in [0.25, 0.3) is 0 Å². The van der Waals surface area contributed by atoms with Crippen molar-refractivity contribution in [1.82, 2.24) is 5.32 Å². The maximum Gasteiger partial charge on any atom is 0.188 e. The Morgan fingerprint density at radius 3 is 2.84 bits per heavy atom. The number of hydrogen-bond acceptors (Lipinski definition) is 2. The molecule has 0 saturated carbocycles. The Labute approximate surface area is 115 Å². The second-order valence-electron chi connectivity index (χ2n) is 5.09. The minimum atomic E-state index is 0.159. The van der Waals surface area contributed by atoms with Gasteiger partial charge in [-0.3, -0.25) is 4.99 Å². The second kappa shape index (κ2) is 6.57. The number of guanidine groups is 1. The van der Waals surface area contributed by atoms with Crippen LogP contribution in [-0.2, 0) is 4.74 Å². The van der Waals surface area contributed by atoms with Crippen LogP contribution in [0.3, 0.4) is 0 Å². The lowest BCUT2D eigenvalue weighted by Gasteiger charge is -2.32. The van der Waals surface area contributed by atoms with Gasteiger partial charge >= 0.3 is 0 Å². The van der Waals surface area contributed by atoms with Gasteiger partial charge in [0.1, 0.15) is 0 Å². The van der Waals surface area contributed by atoms with Gasteiger partial charge in [0.2, 0.25) is 0 Å². The van der Waals surface area contributed by atoms with E-state index in [4.69, 9.17) is 10.5 Å². The van der Waals surface area contributed by atoms with Crippen molar-refractivity contribution >= 4 is 5.96 Å². The Hall–Kier alpha value is -1.55. The first-order chi connectivity index (χ1) is 9.20. The van der Waals surface area contributed by atoms with Crippen LogP contribution in [-0.4, -0.2) is 26.2 Å². The van der Waals surface area contributed by atoms with E-state index in [-0.39, 0.29) is 6.10 Å². The van der Waals surface area contributed by atoms with E-state index in [1.165, 1.54) is 11.1 Å². The monoisotopic (exact) mass is 261 g/mol. The molecule has 0 spiro atoms. The molecule has 0 radical (unpaired) electrons. The maximum absolute atomic E-state index is 5.96. The van der Waals surface area contributed by atoms with Crippen molar-refractivity contribution in [3.05, 3.63) is 35.4 Å². The zero-order valence-corrected chi connectivity index (χ0v) is 11.7. The first-order valence-corrected chi connectivity index (χ1v) is 6.85. The van der Waals surface area contributed by atoms with Crippen molar-refractivity contribution in [3.8, 4) is 0 Å². The number of aryl methyl sites for hydroxylation is 1. The molecule has 0 aliphatic carbocycles. The van der Waals surface area contributed by atoms with Crippen LogP contribution in [0.15, 0.2) is 29.3 Å². The number of aliphatic imine (C=N–C) groups is 1. The van der Waals surface area contributed by atoms with Gasteiger partial charge in [-0.2, -0.15) is 0 Å². The highest BCUT2D eigenvalue weighted by molar-refractivity contribution is 5.77. The van der Waals surface area contributed by atoms with E-state index in [1.54, 1.807) is 7.05 Å². The minimum Gasteiger partial charge on any atom is -0.373 e. The lowest BCUT2D eigenvalue weighted by molar-refractivity contribution is -0.0265. The minimum absolute atomic E-state index is 0.159. The topological polar surface area (TPSA) is 59.6 Å². The highest BCUT2D eigenvalue weighted by atomic mass is 16.5. The van der Waals surface area contributed by atoms with Crippen LogP contribution in [0.2, 0.25) is 0 Å². The van der Waals surface area contributed by atoms with Crippen LogP contribution in [0.1, 0.15) is 30.1 Å². The van der Waals surface area contributed by atoms with Crippen molar-refractivity contribution in [3.63, 3.8) is 0 Å². The number of nitrogens with two attached hydrogens (primary N) is 1. The van der Waals surface area contributed by atoms with Gasteiger partial charge in [-0.05, 0) is 25.3 Å². The molecule has 0 amide bonds. The summed E-state index contributed by atoms with van der Waals surface area (Å²) in [7, 11) is 1.69. The van der Waals surface area contributed by atoms with Crippen molar-refractivity contribution in [2.45, 2.75) is 25.9 Å². The second-order valence-corrected chi connectivity index (χ2v) is 5.09. The fraction of sp³-hybridized carbons (Fsp3) is 0.533. The lowest BCUT2D eigenvalue weighted by Crippen LogP contribution is -2.38. The quantitative estimate of drug-likeness (QED) is 0.646. The predicted molar refractivity (Wildman–Crippen MR) is 78.1 cm³/mol. The molecule has 4 nitrogen and oxygen atoms in total. The number of nitrogens with zero attached hydrogens (tertiary/aromatic N) is 1. The van der Waals surface area contributed by atoms with Gasteiger partial charge < -0.3 is 15.8 Å². The van der Waals surface area contributed by atoms with E-state index in [0.29, 0.717) is 11.9 Å². The zero-order valence-electron chi connectivity index (χ0n) is 11.7. The summed E-state index contributed by atoms with van der Waals surface area (Å²) < 4.78 is 5.96. The summed E-state index contributed by atoms with van der Waals surface area (Å²) in [5, 5.41) is 3.16. The zero-order chi connectivity index (χ0) is 13.7. The predicted octanol–water partition coefficient (Wildman–Crippen LogP) is 2.00. The van der Waals surface area contributed by atoms with E-state index in [1.807, 2.05) is 0 Å². The summed E-state index contributed by atoms with van der Waals surface area (Å²) in [6, 6.07) is 8.60. The summed E-state index contributed by atoms with van der Waals surface area (Å²) in [6.07, 6.45) is 2.42. The van der Waals surface area contributed by atoms with Crippen molar-refractivity contribution < 1.29 is 4.74 Å². The van der Waals surface area contributed by atoms with Crippen LogP contribution < -0.4 is 11.1 Å². The Balaban J connectivity index is 2.05. The van der Waals surface area contributed by atoms with Gasteiger partial charge in [-0.25, -0.2) is 0 Å². The molecule has 19 heavy (non-hydrogen) atoms. The van der Waals surface area contributed by atoms with E-state index >= 15 is 0 Å². The number of hydrogen-bond donors (Lipinski definition) is 2.